The first kappa shape index (κ1) is 15.7. The number of hydrogen-bond acceptors (Lipinski definition) is 3. The van der Waals surface area contributed by atoms with Crippen molar-refractivity contribution in [3.05, 3.63) is 65.5 Å². The maximum atomic E-state index is 14.0. The number of rotatable bonds is 5. The van der Waals surface area contributed by atoms with E-state index in [2.05, 4.69) is 5.32 Å². The second kappa shape index (κ2) is 6.37. The van der Waals surface area contributed by atoms with Crippen molar-refractivity contribution in [2.45, 2.75) is 17.9 Å². The zero-order valence-electron chi connectivity index (χ0n) is 12.0. The third-order valence-corrected chi connectivity index (χ3v) is 4.39. The summed E-state index contributed by atoms with van der Waals surface area (Å²) in [6.45, 7) is 2.62. The zero-order valence-corrected chi connectivity index (χ0v) is 12.8. The van der Waals surface area contributed by atoms with Gasteiger partial charge < -0.3 is 5.32 Å². The van der Waals surface area contributed by atoms with E-state index >= 15 is 0 Å². The molecule has 1 unspecified atom stereocenters. The number of nitrogens with one attached hydrogen (secondary N) is 1. The summed E-state index contributed by atoms with van der Waals surface area (Å²) in [5.41, 5.74) is 1.38. The molecule has 0 amide bonds. The summed E-state index contributed by atoms with van der Waals surface area (Å²) < 4.78 is 37.0. The smallest absolute Gasteiger partial charge is 0.175 e. The zero-order chi connectivity index (χ0) is 15.5. The first-order valence-electron chi connectivity index (χ1n) is 6.71. The van der Waals surface area contributed by atoms with Gasteiger partial charge in [0.15, 0.2) is 9.84 Å². The highest BCUT2D eigenvalue weighted by Gasteiger charge is 2.17. The molecule has 1 N–H and O–H groups in total. The Morgan fingerprint density at radius 2 is 1.71 bits per heavy atom. The standard InChI is InChI=1S/C16H18FNO2S/c1-3-18-16(14-6-4-5-7-15(14)17)12-8-10-13(11-9-12)21(2,19)20/h4-11,16,18H,3H2,1-2H3. The number of hydrogen-bond donors (Lipinski definition) is 1. The van der Waals surface area contributed by atoms with E-state index in [-0.39, 0.29) is 16.8 Å². The molecular formula is C16H18FNO2S. The van der Waals surface area contributed by atoms with E-state index in [1.54, 1.807) is 42.5 Å². The minimum Gasteiger partial charge on any atom is -0.306 e. The van der Waals surface area contributed by atoms with Crippen molar-refractivity contribution in [2.75, 3.05) is 12.8 Å². The molecule has 5 heteroatoms. The Labute approximate surface area is 124 Å². The van der Waals surface area contributed by atoms with Crippen LogP contribution in [0.2, 0.25) is 0 Å². The minimum absolute atomic E-state index is 0.259. The van der Waals surface area contributed by atoms with Gasteiger partial charge in [0.1, 0.15) is 5.82 Å². The molecule has 0 spiro atoms. The van der Waals surface area contributed by atoms with E-state index in [1.165, 1.54) is 12.3 Å². The van der Waals surface area contributed by atoms with E-state index in [1.807, 2.05) is 6.92 Å². The van der Waals surface area contributed by atoms with E-state index < -0.39 is 9.84 Å². The lowest BCUT2D eigenvalue weighted by atomic mass is 9.98. The lowest BCUT2D eigenvalue weighted by Crippen LogP contribution is -2.23. The Morgan fingerprint density at radius 1 is 1.10 bits per heavy atom. The molecule has 2 aromatic carbocycles. The highest BCUT2D eigenvalue weighted by molar-refractivity contribution is 7.90. The van der Waals surface area contributed by atoms with Gasteiger partial charge in [-0.05, 0) is 30.3 Å². The quantitative estimate of drug-likeness (QED) is 0.924. The summed E-state index contributed by atoms with van der Waals surface area (Å²) in [7, 11) is -3.22. The van der Waals surface area contributed by atoms with E-state index in [0.29, 0.717) is 12.1 Å². The average molecular weight is 307 g/mol. The molecule has 1 atom stereocenters. The third-order valence-electron chi connectivity index (χ3n) is 3.27. The predicted molar refractivity (Wildman–Crippen MR) is 81.5 cm³/mol. The lowest BCUT2D eigenvalue weighted by molar-refractivity contribution is 0.558. The van der Waals surface area contributed by atoms with Crippen LogP contribution < -0.4 is 5.32 Å². The normalized spacial score (nSPS) is 13.1. The van der Waals surface area contributed by atoms with Crippen LogP contribution in [0.5, 0.6) is 0 Å². The highest BCUT2D eigenvalue weighted by Crippen LogP contribution is 2.25. The summed E-state index contributed by atoms with van der Waals surface area (Å²) in [4.78, 5) is 0.259. The van der Waals surface area contributed by atoms with E-state index in [9.17, 15) is 12.8 Å². The van der Waals surface area contributed by atoms with Gasteiger partial charge >= 0.3 is 0 Å². The van der Waals surface area contributed by atoms with Crippen LogP contribution in [0.25, 0.3) is 0 Å². The first-order chi connectivity index (χ1) is 9.93. The van der Waals surface area contributed by atoms with Gasteiger partial charge in [0.05, 0.1) is 10.9 Å². The molecule has 0 aromatic heterocycles. The maximum absolute atomic E-state index is 14.0. The lowest BCUT2D eigenvalue weighted by Gasteiger charge is -2.19. The SMILES string of the molecule is CCNC(c1ccc(S(C)(=O)=O)cc1)c1ccccc1F. The van der Waals surface area contributed by atoms with Crippen molar-refractivity contribution in [2.24, 2.45) is 0 Å². The van der Waals surface area contributed by atoms with Crippen molar-refractivity contribution in [3.63, 3.8) is 0 Å². The Kier molecular flexibility index (Phi) is 4.75. The molecule has 0 radical (unpaired) electrons. The molecule has 0 fully saturated rings. The van der Waals surface area contributed by atoms with Crippen LogP contribution in [0, 0.1) is 5.82 Å². The van der Waals surface area contributed by atoms with Crippen molar-refractivity contribution in [1.29, 1.82) is 0 Å². The summed E-state index contributed by atoms with van der Waals surface area (Å²) in [5, 5.41) is 3.22. The van der Waals surface area contributed by atoms with Crippen molar-refractivity contribution >= 4 is 9.84 Å². The molecule has 3 nitrogen and oxygen atoms in total. The number of benzene rings is 2. The largest absolute Gasteiger partial charge is 0.306 e. The second-order valence-corrected chi connectivity index (χ2v) is 6.87. The van der Waals surface area contributed by atoms with Gasteiger partial charge in [-0.3, -0.25) is 0 Å². The topological polar surface area (TPSA) is 46.2 Å². The molecule has 0 aliphatic heterocycles. The summed E-state index contributed by atoms with van der Waals surface area (Å²) in [5.74, 6) is -0.282. The molecule has 0 saturated carbocycles. The summed E-state index contributed by atoms with van der Waals surface area (Å²) >= 11 is 0. The van der Waals surface area contributed by atoms with Crippen LogP contribution in [0.1, 0.15) is 24.1 Å². The highest BCUT2D eigenvalue weighted by atomic mass is 32.2. The number of sulfone groups is 1. The average Bonchev–Trinajstić information content (AvgIpc) is 2.45. The molecule has 0 aliphatic carbocycles. The number of halogens is 1. The minimum atomic E-state index is -3.22. The van der Waals surface area contributed by atoms with Crippen molar-refractivity contribution in [3.8, 4) is 0 Å². The monoisotopic (exact) mass is 307 g/mol. The molecule has 2 aromatic rings. The van der Waals surface area contributed by atoms with Gasteiger partial charge in [-0.2, -0.15) is 0 Å². The van der Waals surface area contributed by atoms with Gasteiger partial charge in [-0.1, -0.05) is 37.3 Å². The van der Waals surface area contributed by atoms with Crippen LogP contribution in [0.15, 0.2) is 53.4 Å². The predicted octanol–water partition coefficient (Wildman–Crippen LogP) is 2.93. The molecule has 0 saturated heterocycles. The van der Waals surface area contributed by atoms with Gasteiger partial charge in [0.2, 0.25) is 0 Å². The van der Waals surface area contributed by atoms with E-state index in [4.69, 9.17) is 0 Å². The molecule has 21 heavy (non-hydrogen) atoms. The fourth-order valence-corrected chi connectivity index (χ4v) is 2.86. The molecule has 0 heterocycles. The fourth-order valence-electron chi connectivity index (χ4n) is 2.23. The first-order valence-corrected chi connectivity index (χ1v) is 8.60. The van der Waals surface area contributed by atoms with Crippen molar-refractivity contribution in [1.82, 2.24) is 5.32 Å². The van der Waals surface area contributed by atoms with Crippen LogP contribution in [0.4, 0.5) is 4.39 Å². The van der Waals surface area contributed by atoms with Crippen LogP contribution in [-0.2, 0) is 9.84 Å². The van der Waals surface area contributed by atoms with Crippen LogP contribution >= 0.6 is 0 Å². The van der Waals surface area contributed by atoms with Gasteiger partial charge in [0.25, 0.3) is 0 Å². The molecule has 0 bridgehead atoms. The van der Waals surface area contributed by atoms with Gasteiger partial charge in [-0.25, -0.2) is 12.8 Å². The summed E-state index contributed by atoms with van der Waals surface area (Å²) in [6.07, 6.45) is 1.17. The Bertz CT molecular complexity index is 711. The third kappa shape index (κ3) is 3.68. The molecule has 0 aliphatic rings. The van der Waals surface area contributed by atoms with Gasteiger partial charge in [0, 0.05) is 11.8 Å². The maximum Gasteiger partial charge on any atom is 0.175 e. The Balaban J connectivity index is 2.42. The summed E-state index contributed by atoms with van der Waals surface area (Å²) in [6, 6.07) is 12.8. The Hall–Kier alpha value is -1.72. The molecule has 112 valence electrons. The Morgan fingerprint density at radius 3 is 2.24 bits per heavy atom. The second-order valence-electron chi connectivity index (χ2n) is 4.85. The molecular weight excluding hydrogens is 289 g/mol. The fraction of sp³-hybridized carbons (Fsp3) is 0.250. The van der Waals surface area contributed by atoms with Gasteiger partial charge in [-0.15, -0.1) is 0 Å². The van der Waals surface area contributed by atoms with Crippen molar-refractivity contribution < 1.29 is 12.8 Å². The van der Waals surface area contributed by atoms with Crippen LogP contribution in [0.3, 0.4) is 0 Å². The van der Waals surface area contributed by atoms with Crippen LogP contribution in [-0.4, -0.2) is 21.2 Å². The molecule has 2 rings (SSSR count). The van der Waals surface area contributed by atoms with E-state index in [0.717, 1.165) is 5.56 Å².